The zero-order chi connectivity index (χ0) is 11.8. The number of sulfonamides is 1. The van der Waals surface area contributed by atoms with Crippen molar-refractivity contribution < 1.29 is 8.42 Å². The summed E-state index contributed by atoms with van der Waals surface area (Å²) in [5, 5.41) is -0.0939. The quantitative estimate of drug-likeness (QED) is 0.768. The van der Waals surface area contributed by atoms with Crippen LogP contribution in [0.1, 0.15) is 39.5 Å². The predicted octanol–water partition coefficient (Wildman–Crippen LogP) is 2.06. The van der Waals surface area contributed by atoms with E-state index in [4.69, 9.17) is 0 Å². The highest BCUT2D eigenvalue weighted by molar-refractivity contribution is 7.90. The first kappa shape index (κ1) is 12.1. The number of rotatable bonds is 4. The highest BCUT2D eigenvalue weighted by Gasteiger charge is 2.39. The van der Waals surface area contributed by atoms with Gasteiger partial charge < -0.3 is 0 Å². The Morgan fingerprint density at radius 3 is 2.50 bits per heavy atom. The normalized spacial score (nSPS) is 36.0. The molecule has 3 unspecified atom stereocenters. The van der Waals surface area contributed by atoms with Gasteiger partial charge in [-0.05, 0) is 44.4 Å². The van der Waals surface area contributed by atoms with Gasteiger partial charge in [0.2, 0.25) is 10.0 Å². The number of nitrogens with one attached hydrogen (secondary N) is 1. The average molecular weight is 243 g/mol. The van der Waals surface area contributed by atoms with Gasteiger partial charge in [-0.1, -0.05) is 19.1 Å². The van der Waals surface area contributed by atoms with Crippen molar-refractivity contribution in [2.75, 3.05) is 0 Å². The fraction of sp³-hybridized carbons (Fsp3) is 0.833. The van der Waals surface area contributed by atoms with E-state index in [9.17, 15) is 8.42 Å². The van der Waals surface area contributed by atoms with Gasteiger partial charge in [-0.2, -0.15) is 0 Å². The topological polar surface area (TPSA) is 46.2 Å². The third-order valence-corrected chi connectivity index (χ3v) is 5.69. The molecular formula is C12H21NO2S. The van der Waals surface area contributed by atoms with Crippen LogP contribution in [0, 0.1) is 11.8 Å². The van der Waals surface area contributed by atoms with Crippen molar-refractivity contribution in [1.29, 1.82) is 0 Å². The summed E-state index contributed by atoms with van der Waals surface area (Å²) in [5.41, 5.74) is 0. The van der Waals surface area contributed by atoms with Crippen LogP contribution < -0.4 is 4.72 Å². The molecule has 4 heteroatoms. The van der Waals surface area contributed by atoms with Crippen LogP contribution in [0.5, 0.6) is 0 Å². The van der Waals surface area contributed by atoms with Gasteiger partial charge in [0.15, 0.2) is 0 Å². The summed E-state index contributed by atoms with van der Waals surface area (Å²) in [6.45, 7) is 4.23. The van der Waals surface area contributed by atoms with E-state index >= 15 is 0 Å². The Hall–Kier alpha value is -0.350. The van der Waals surface area contributed by atoms with Crippen LogP contribution in [0.3, 0.4) is 0 Å². The maximum absolute atomic E-state index is 11.8. The van der Waals surface area contributed by atoms with E-state index in [1.54, 1.807) is 0 Å². The molecule has 2 fully saturated rings. The molecule has 0 aromatic carbocycles. The molecule has 0 heterocycles. The monoisotopic (exact) mass is 243 g/mol. The summed E-state index contributed by atoms with van der Waals surface area (Å²) in [7, 11) is -3.01. The smallest absolute Gasteiger partial charge is 0.212 e. The number of allylic oxidation sites excluding steroid dienone is 2. The minimum Gasteiger partial charge on any atom is -0.212 e. The van der Waals surface area contributed by atoms with Crippen LogP contribution in [0.25, 0.3) is 0 Å². The molecule has 16 heavy (non-hydrogen) atoms. The van der Waals surface area contributed by atoms with Gasteiger partial charge in [0.25, 0.3) is 0 Å². The molecule has 0 radical (unpaired) electrons. The van der Waals surface area contributed by atoms with Crippen molar-refractivity contribution in [3.8, 4) is 0 Å². The van der Waals surface area contributed by atoms with Crippen LogP contribution in [-0.2, 0) is 10.0 Å². The van der Waals surface area contributed by atoms with E-state index in [1.807, 2.05) is 6.92 Å². The Morgan fingerprint density at radius 1 is 1.25 bits per heavy atom. The van der Waals surface area contributed by atoms with Crippen LogP contribution >= 0.6 is 0 Å². The van der Waals surface area contributed by atoms with Gasteiger partial charge in [0.05, 0.1) is 5.25 Å². The first-order valence-electron chi connectivity index (χ1n) is 6.17. The lowest BCUT2D eigenvalue weighted by atomic mass is 9.98. The first-order valence-corrected chi connectivity index (χ1v) is 7.71. The lowest BCUT2D eigenvalue weighted by Gasteiger charge is -2.12. The summed E-state index contributed by atoms with van der Waals surface area (Å²) in [4.78, 5) is 0. The maximum atomic E-state index is 11.8. The fourth-order valence-corrected chi connectivity index (χ4v) is 4.21. The van der Waals surface area contributed by atoms with Crippen molar-refractivity contribution in [2.24, 2.45) is 11.8 Å². The summed E-state index contributed by atoms with van der Waals surface area (Å²) >= 11 is 0. The minimum atomic E-state index is -3.01. The SMILES string of the molecule is C/C=C\C1CC(NS(=O)(=O)C2CC2)CC1C. The Labute approximate surface area is 98.4 Å². The van der Waals surface area contributed by atoms with E-state index in [-0.39, 0.29) is 11.3 Å². The molecule has 0 spiro atoms. The molecule has 0 amide bonds. The average Bonchev–Trinajstić information content (AvgIpc) is 2.95. The van der Waals surface area contributed by atoms with Crippen molar-refractivity contribution in [1.82, 2.24) is 4.72 Å². The van der Waals surface area contributed by atoms with Crippen molar-refractivity contribution >= 4 is 10.0 Å². The van der Waals surface area contributed by atoms with E-state index in [0.717, 1.165) is 25.7 Å². The first-order chi connectivity index (χ1) is 7.53. The Morgan fingerprint density at radius 2 is 1.94 bits per heavy atom. The molecule has 2 rings (SSSR count). The number of hydrogen-bond acceptors (Lipinski definition) is 2. The standard InChI is InChI=1S/C12H21NO2S/c1-3-4-10-8-11(7-9(10)2)13-16(14,15)12-5-6-12/h3-4,9-13H,5-8H2,1-2H3/b4-3-. The second kappa shape index (κ2) is 4.49. The molecule has 0 aromatic heterocycles. The third kappa shape index (κ3) is 2.66. The lowest BCUT2D eigenvalue weighted by molar-refractivity contribution is 0.502. The Balaban J connectivity index is 1.93. The van der Waals surface area contributed by atoms with Crippen molar-refractivity contribution in [3.05, 3.63) is 12.2 Å². The second-order valence-electron chi connectivity index (χ2n) is 5.20. The van der Waals surface area contributed by atoms with Crippen LogP contribution in [0.15, 0.2) is 12.2 Å². The van der Waals surface area contributed by atoms with Crippen LogP contribution in [0.2, 0.25) is 0 Å². The summed E-state index contributed by atoms with van der Waals surface area (Å²) in [6.07, 6.45) is 7.89. The zero-order valence-corrected chi connectivity index (χ0v) is 10.8. The molecule has 0 bridgehead atoms. The third-order valence-electron chi connectivity index (χ3n) is 3.68. The Bertz CT molecular complexity index is 370. The maximum Gasteiger partial charge on any atom is 0.214 e. The molecule has 2 aliphatic carbocycles. The predicted molar refractivity (Wildman–Crippen MR) is 65.6 cm³/mol. The number of hydrogen-bond donors (Lipinski definition) is 1. The molecule has 0 aliphatic heterocycles. The van der Waals surface area contributed by atoms with Gasteiger partial charge >= 0.3 is 0 Å². The van der Waals surface area contributed by atoms with E-state index in [0.29, 0.717) is 11.8 Å². The Kier molecular flexibility index (Phi) is 3.40. The summed E-state index contributed by atoms with van der Waals surface area (Å²) in [6, 6.07) is 0.154. The van der Waals surface area contributed by atoms with Gasteiger partial charge in [-0.3, -0.25) is 0 Å². The van der Waals surface area contributed by atoms with Crippen molar-refractivity contribution in [2.45, 2.75) is 50.8 Å². The molecule has 3 nitrogen and oxygen atoms in total. The highest BCUT2D eigenvalue weighted by Crippen LogP contribution is 2.35. The molecule has 3 atom stereocenters. The highest BCUT2D eigenvalue weighted by atomic mass is 32.2. The van der Waals surface area contributed by atoms with Gasteiger partial charge in [0.1, 0.15) is 0 Å². The second-order valence-corrected chi connectivity index (χ2v) is 7.19. The van der Waals surface area contributed by atoms with Crippen LogP contribution in [0.4, 0.5) is 0 Å². The minimum absolute atomic E-state index is 0.0939. The van der Waals surface area contributed by atoms with E-state index in [1.165, 1.54) is 0 Å². The van der Waals surface area contributed by atoms with E-state index in [2.05, 4.69) is 23.8 Å². The molecule has 0 aromatic rings. The molecule has 1 N–H and O–H groups in total. The largest absolute Gasteiger partial charge is 0.214 e. The van der Waals surface area contributed by atoms with Gasteiger partial charge in [0, 0.05) is 6.04 Å². The van der Waals surface area contributed by atoms with Gasteiger partial charge in [-0.15, -0.1) is 0 Å². The van der Waals surface area contributed by atoms with Gasteiger partial charge in [-0.25, -0.2) is 13.1 Å². The zero-order valence-electron chi connectivity index (χ0n) is 10.0. The van der Waals surface area contributed by atoms with Crippen molar-refractivity contribution in [3.63, 3.8) is 0 Å². The summed E-state index contributed by atoms with van der Waals surface area (Å²) < 4.78 is 26.5. The molecular weight excluding hydrogens is 222 g/mol. The van der Waals surface area contributed by atoms with Crippen LogP contribution in [-0.4, -0.2) is 19.7 Å². The molecule has 0 saturated heterocycles. The summed E-state index contributed by atoms with van der Waals surface area (Å²) in [5.74, 6) is 1.13. The fourth-order valence-electron chi connectivity index (χ4n) is 2.60. The molecule has 2 saturated carbocycles. The molecule has 92 valence electrons. The van der Waals surface area contributed by atoms with E-state index < -0.39 is 10.0 Å². The molecule has 2 aliphatic rings. The lowest BCUT2D eigenvalue weighted by Crippen LogP contribution is -2.35.